The van der Waals surface area contributed by atoms with Crippen LogP contribution in [0.15, 0.2) is 0 Å². The second kappa shape index (κ2) is 6.22. The summed E-state index contributed by atoms with van der Waals surface area (Å²) in [5.41, 5.74) is 0. The van der Waals surface area contributed by atoms with Crippen LogP contribution in [-0.2, 0) is 9.05 Å². The van der Waals surface area contributed by atoms with E-state index in [0.717, 1.165) is 12.5 Å². The SMILES string of the molecule is CC1CCC(N(C)CCCS(=O)(=O)Cl)CC1. The molecule has 1 saturated carbocycles. The summed E-state index contributed by atoms with van der Waals surface area (Å²) in [4.78, 5) is 2.29. The van der Waals surface area contributed by atoms with E-state index < -0.39 is 9.05 Å². The fraction of sp³-hybridized carbons (Fsp3) is 1.00. The van der Waals surface area contributed by atoms with Crippen molar-refractivity contribution in [2.45, 2.75) is 45.1 Å². The van der Waals surface area contributed by atoms with Crippen molar-refractivity contribution in [2.75, 3.05) is 19.3 Å². The maximum atomic E-state index is 10.8. The summed E-state index contributed by atoms with van der Waals surface area (Å²) in [6.45, 7) is 3.13. The lowest BCUT2D eigenvalue weighted by atomic mass is 9.87. The molecule has 0 aliphatic heterocycles. The van der Waals surface area contributed by atoms with Crippen LogP contribution in [0.2, 0.25) is 0 Å². The lowest BCUT2D eigenvalue weighted by Crippen LogP contribution is -2.35. The van der Waals surface area contributed by atoms with E-state index in [-0.39, 0.29) is 5.75 Å². The Kier molecular flexibility index (Phi) is 5.54. The summed E-state index contributed by atoms with van der Waals surface area (Å²) >= 11 is 0. The maximum absolute atomic E-state index is 10.8. The Morgan fingerprint density at radius 1 is 1.25 bits per heavy atom. The van der Waals surface area contributed by atoms with E-state index in [1.807, 2.05) is 0 Å². The Hall–Kier alpha value is 0.200. The molecule has 0 aromatic carbocycles. The molecule has 0 bridgehead atoms. The van der Waals surface area contributed by atoms with Gasteiger partial charge in [0.1, 0.15) is 0 Å². The normalized spacial score (nSPS) is 27.2. The van der Waals surface area contributed by atoms with Crippen LogP contribution in [-0.4, -0.2) is 38.7 Å². The van der Waals surface area contributed by atoms with Crippen LogP contribution in [0.5, 0.6) is 0 Å². The lowest BCUT2D eigenvalue weighted by molar-refractivity contribution is 0.171. The summed E-state index contributed by atoms with van der Waals surface area (Å²) in [5.74, 6) is 0.940. The zero-order chi connectivity index (χ0) is 12.2. The molecule has 0 aromatic rings. The monoisotopic (exact) mass is 267 g/mol. The third kappa shape index (κ3) is 5.51. The summed E-state index contributed by atoms with van der Waals surface area (Å²) in [5, 5.41) is 0. The molecule has 96 valence electrons. The molecule has 0 heterocycles. The first-order valence-corrected chi connectivity index (χ1v) is 8.49. The molecular formula is C11H22ClNO2S. The Labute approximate surface area is 104 Å². The second-order valence-electron chi connectivity index (χ2n) is 4.99. The standard InChI is InChI=1S/C11H22ClNO2S/c1-10-4-6-11(7-5-10)13(2)8-3-9-16(12,14)15/h10-11H,3-9H2,1-2H3. The van der Waals surface area contributed by atoms with Crippen LogP contribution in [0.3, 0.4) is 0 Å². The highest BCUT2D eigenvalue weighted by Gasteiger charge is 2.21. The van der Waals surface area contributed by atoms with E-state index in [9.17, 15) is 8.42 Å². The van der Waals surface area contributed by atoms with Gasteiger partial charge >= 0.3 is 0 Å². The average Bonchev–Trinajstić information content (AvgIpc) is 2.16. The minimum atomic E-state index is -3.31. The van der Waals surface area contributed by atoms with Crippen LogP contribution in [0, 0.1) is 5.92 Å². The van der Waals surface area contributed by atoms with Gasteiger partial charge in [0, 0.05) is 16.7 Å². The molecule has 0 N–H and O–H groups in total. The van der Waals surface area contributed by atoms with E-state index in [1.54, 1.807) is 0 Å². The molecule has 0 aromatic heterocycles. The highest BCUT2D eigenvalue weighted by Crippen LogP contribution is 2.26. The average molecular weight is 268 g/mol. The Bertz CT molecular complexity index is 297. The Balaban J connectivity index is 2.22. The van der Waals surface area contributed by atoms with Crippen molar-refractivity contribution < 1.29 is 8.42 Å². The Morgan fingerprint density at radius 3 is 2.31 bits per heavy atom. The molecule has 1 rings (SSSR count). The summed E-state index contributed by atoms with van der Waals surface area (Å²) in [6, 6.07) is 0.634. The van der Waals surface area contributed by atoms with Gasteiger partial charge in [-0.25, -0.2) is 8.42 Å². The molecule has 5 heteroatoms. The van der Waals surface area contributed by atoms with Crippen molar-refractivity contribution in [1.82, 2.24) is 4.90 Å². The van der Waals surface area contributed by atoms with Gasteiger partial charge in [-0.1, -0.05) is 6.92 Å². The zero-order valence-electron chi connectivity index (χ0n) is 10.2. The van der Waals surface area contributed by atoms with Gasteiger partial charge in [-0.15, -0.1) is 0 Å². The smallest absolute Gasteiger partial charge is 0.232 e. The molecule has 1 fully saturated rings. The topological polar surface area (TPSA) is 37.4 Å². The van der Waals surface area contributed by atoms with Crippen LogP contribution in [0.1, 0.15) is 39.0 Å². The van der Waals surface area contributed by atoms with Gasteiger partial charge in [-0.2, -0.15) is 0 Å². The van der Waals surface area contributed by atoms with Crippen LogP contribution in [0.25, 0.3) is 0 Å². The predicted molar refractivity (Wildman–Crippen MR) is 68.3 cm³/mol. The maximum Gasteiger partial charge on any atom is 0.232 e. The summed E-state index contributed by atoms with van der Waals surface area (Å²) in [7, 11) is 3.95. The molecule has 0 unspecified atom stereocenters. The van der Waals surface area contributed by atoms with Crippen molar-refractivity contribution in [1.29, 1.82) is 0 Å². The zero-order valence-corrected chi connectivity index (χ0v) is 11.7. The minimum Gasteiger partial charge on any atom is -0.303 e. The number of hydrogen-bond acceptors (Lipinski definition) is 3. The molecule has 0 radical (unpaired) electrons. The molecule has 0 atom stereocenters. The highest BCUT2D eigenvalue weighted by molar-refractivity contribution is 8.13. The molecule has 16 heavy (non-hydrogen) atoms. The second-order valence-corrected chi connectivity index (χ2v) is 7.89. The summed E-state index contributed by atoms with van der Waals surface area (Å²) in [6.07, 6.45) is 5.70. The van der Waals surface area contributed by atoms with Crippen molar-refractivity contribution in [3.8, 4) is 0 Å². The van der Waals surface area contributed by atoms with Crippen molar-refractivity contribution >= 4 is 19.7 Å². The van der Waals surface area contributed by atoms with Crippen LogP contribution in [0.4, 0.5) is 0 Å². The molecule has 1 aliphatic carbocycles. The van der Waals surface area contributed by atoms with Crippen LogP contribution >= 0.6 is 10.7 Å². The van der Waals surface area contributed by atoms with Crippen molar-refractivity contribution in [3.63, 3.8) is 0 Å². The molecule has 0 saturated heterocycles. The number of rotatable bonds is 5. The number of nitrogens with zero attached hydrogens (tertiary/aromatic N) is 1. The van der Waals surface area contributed by atoms with E-state index in [4.69, 9.17) is 10.7 Å². The van der Waals surface area contributed by atoms with Gasteiger partial charge in [0.25, 0.3) is 0 Å². The number of halogens is 1. The third-order valence-corrected chi connectivity index (χ3v) is 4.75. The van der Waals surface area contributed by atoms with E-state index in [1.165, 1.54) is 25.7 Å². The largest absolute Gasteiger partial charge is 0.303 e. The fourth-order valence-electron chi connectivity index (χ4n) is 2.35. The van der Waals surface area contributed by atoms with E-state index in [0.29, 0.717) is 12.5 Å². The molecular weight excluding hydrogens is 246 g/mol. The van der Waals surface area contributed by atoms with Gasteiger partial charge in [0.15, 0.2) is 0 Å². The third-order valence-electron chi connectivity index (χ3n) is 3.51. The first-order valence-electron chi connectivity index (χ1n) is 6.01. The van der Waals surface area contributed by atoms with Gasteiger partial charge in [-0.05, 0) is 51.6 Å². The lowest BCUT2D eigenvalue weighted by Gasteiger charge is -2.33. The minimum absolute atomic E-state index is 0.0853. The first-order chi connectivity index (χ1) is 7.38. The molecule has 1 aliphatic rings. The van der Waals surface area contributed by atoms with E-state index >= 15 is 0 Å². The molecule has 0 spiro atoms. The van der Waals surface area contributed by atoms with Crippen molar-refractivity contribution in [2.24, 2.45) is 5.92 Å². The molecule has 3 nitrogen and oxygen atoms in total. The van der Waals surface area contributed by atoms with E-state index in [2.05, 4.69) is 18.9 Å². The first kappa shape index (κ1) is 14.3. The number of hydrogen-bond donors (Lipinski definition) is 0. The fourth-order valence-corrected chi connectivity index (χ4v) is 3.15. The molecule has 0 amide bonds. The van der Waals surface area contributed by atoms with Crippen LogP contribution < -0.4 is 0 Å². The van der Waals surface area contributed by atoms with Crippen molar-refractivity contribution in [3.05, 3.63) is 0 Å². The van der Waals surface area contributed by atoms with Gasteiger partial charge < -0.3 is 4.90 Å². The van der Waals surface area contributed by atoms with Gasteiger partial charge in [-0.3, -0.25) is 0 Å². The summed E-state index contributed by atoms with van der Waals surface area (Å²) < 4.78 is 21.6. The predicted octanol–water partition coefficient (Wildman–Crippen LogP) is 2.46. The Morgan fingerprint density at radius 2 is 1.81 bits per heavy atom. The van der Waals surface area contributed by atoms with Gasteiger partial charge in [0.05, 0.1) is 5.75 Å². The highest BCUT2D eigenvalue weighted by atomic mass is 35.7. The van der Waals surface area contributed by atoms with Gasteiger partial charge in [0.2, 0.25) is 9.05 Å². The quantitative estimate of drug-likeness (QED) is 0.718.